The molecule has 20 heavy (non-hydrogen) atoms. The third-order valence-electron chi connectivity index (χ3n) is 2.58. The molecule has 1 aromatic heterocycles. The van der Waals surface area contributed by atoms with Crippen LogP contribution in [0, 0.1) is 6.92 Å². The van der Waals surface area contributed by atoms with Gasteiger partial charge in [-0.05, 0) is 36.8 Å². The van der Waals surface area contributed by atoms with Gasteiger partial charge in [0.05, 0.1) is 0 Å². The zero-order chi connectivity index (χ0) is 14.4. The zero-order valence-electron chi connectivity index (χ0n) is 11.1. The standard InChI is InChI=1S/C14H16ClN3O2/c1-10-3-2-4-12(7-10)20-9-11(19)8-16-14-6-5-13(15)17-18-14/h2-7,11,19H,8-9H2,1H3,(H,16,18). The van der Waals surface area contributed by atoms with Crippen LogP contribution in [0.25, 0.3) is 0 Å². The molecule has 0 amide bonds. The predicted molar refractivity (Wildman–Crippen MR) is 78.2 cm³/mol. The van der Waals surface area contributed by atoms with Crippen molar-refractivity contribution < 1.29 is 9.84 Å². The number of aryl methyl sites for hydroxylation is 1. The van der Waals surface area contributed by atoms with Crippen molar-refractivity contribution in [1.82, 2.24) is 10.2 Å². The van der Waals surface area contributed by atoms with Crippen molar-refractivity contribution in [3.8, 4) is 5.75 Å². The van der Waals surface area contributed by atoms with E-state index < -0.39 is 6.10 Å². The van der Waals surface area contributed by atoms with Crippen molar-refractivity contribution >= 4 is 17.4 Å². The number of benzene rings is 1. The van der Waals surface area contributed by atoms with E-state index in [1.54, 1.807) is 12.1 Å². The lowest BCUT2D eigenvalue weighted by Gasteiger charge is -2.13. The van der Waals surface area contributed by atoms with Crippen LogP contribution in [0.15, 0.2) is 36.4 Å². The molecule has 1 atom stereocenters. The number of nitrogens with one attached hydrogen (secondary N) is 1. The normalized spacial score (nSPS) is 11.9. The number of hydrogen-bond donors (Lipinski definition) is 2. The van der Waals surface area contributed by atoms with E-state index in [0.29, 0.717) is 17.5 Å². The molecule has 106 valence electrons. The van der Waals surface area contributed by atoms with Crippen LogP contribution in [0.4, 0.5) is 5.82 Å². The second kappa shape index (κ2) is 7.07. The smallest absolute Gasteiger partial charge is 0.151 e. The van der Waals surface area contributed by atoms with Gasteiger partial charge in [-0.2, -0.15) is 0 Å². The van der Waals surface area contributed by atoms with Gasteiger partial charge in [0.2, 0.25) is 0 Å². The minimum Gasteiger partial charge on any atom is -0.491 e. The average Bonchev–Trinajstić information content (AvgIpc) is 2.45. The Morgan fingerprint density at radius 2 is 2.15 bits per heavy atom. The van der Waals surface area contributed by atoms with Gasteiger partial charge in [-0.1, -0.05) is 23.7 Å². The molecule has 2 N–H and O–H groups in total. The fourth-order valence-corrected chi connectivity index (χ4v) is 1.69. The van der Waals surface area contributed by atoms with Gasteiger partial charge < -0.3 is 15.2 Å². The molecule has 2 rings (SSSR count). The summed E-state index contributed by atoms with van der Waals surface area (Å²) in [6, 6.07) is 11.0. The zero-order valence-corrected chi connectivity index (χ0v) is 11.8. The van der Waals surface area contributed by atoms with Crippen LogP contribution < -0.4 is 10.1 Å². The van der Waals surface area contributed by atoms with Crippen molar-refractivity contribution in [2.45, 2.75) is 13.0 Å². The molecule has 0 saturated carbocycles. The van der Waals surface area contributed by atoms with Gasteiger partial charge in [-0.3, -0.25) is 0 Å². The van der Waals surface area contributed by atoms with E-state index in [-0.39, 0.29) is 6.61 Å². The molecule has 0 fully saturated rings. The molecule has 1 unspecified atom stereocenters. The molecular formula is C14H16ClN3O2. The molecule has 0 aliphatic heterocycles. The maximum Gasteiger partial charge on any atom is 0.151 e. The highest BCUT2D eigenvalue weighted by Crippen LogP contribution is 2.12. The minimum absolute atomic E-state index is 0.206. The van der Waals surface area contributed by atoms with E-state index in [2.05, 4.69) is 15.5 Å². The quantitative estimate of drug-likeness (QED) is 0.855. The van der Waals surface area contributed by atoms with Crippen molar-refractivity contribution in [3.63, 3.8) is 0 Å². The lowest BCUT2D eigenvalue weighted by Crippen LogP contribution is -2.26. The van der Waals surface area contributed by atoms with Gasteiger partial charge in [-0.25, -0.2) is 0 Å². The topological polar surface area (TPSA) is 67.3 Å². The Bertz CT molecular complexity index is 548. The summed E-state index contributed by atoms with van der Waals surface area (Å²) in [5, 5.41) is 20.7. The summed E-state index contributed by atoms with van der Waals surface area (Å²) in [4.78, 5) is 0. The van der Waals surface area contributed by atoms with Crippen LogP contribution in [-0.2, 0) is 0 Å². The molecule has 6 heteroatoms. The van der Waals surface area contributed by atoms with Crippen molar-refractivity contribution in [3.05, 3.63) is 47.1 Å². The van der Waals surface area contributed by atoms with Crippen molar-refractivity contribution in [1.29, 1.82) is 0 Å². The number of halogens is 1. The second-order valence-electron chi connectivity index (χ2n) is 4.40. The summed E-state index contributed by atoms with van der Waals surface area (Å²) >= 11 is 5.63. The maximum absolute atomic E-state index is 9.83. The summed E-state index contributed by atoms with van der Waals surface area (Å²) in [7, 11) is 0. The van der Waals surface area contributed by atoms with Gasteiger partial charge in [0.15, 0.2) is 5.15 Å². The Hall–Kier alpha value is -1.85. The van der Waals surface area contributed by atoms with E-state index in [1.807, 2.05) is 31.2 Å². The first-order valence-electron chi connectivity index (χ1n) is 6.24. The highest BCUT2D eigenvalue weighted by molar-refractivity contribution is 6.29. The van der Waals surface area contributed by atoms with Crippen LogP contribution >= 0.6 is 11.6 Å². The molecule has 2 aromatic rings. The van der Waals surface area contributed by atoms with Crippen LogP contribution in [0.1, 0.15) is 5.56 Å². The Balaban J connectivity index is 1.75. The fourth-order valence-electron chi connectivity index (χ4n) is 1.59. The van der Waals surface area contributed by atoms with E-state index in [9.17, 15) is 5.11 Å². The molecular weight excluding hydrogens is 278 g/mol. The van der Waals surface area contributed by atoms with Crippen molar-refractivity contribution in [2.24, 2.45) is 0 Å². The van der Waals surface area contributed by atoms with Gasteiger partial charge in [-0.15, -0.1) is 10.2 Å². The maximum atomic E-state index is 9.83. The third kappa shape index (κ3) is 4.68. The van der Waals surface area contributed by atoms with E-state index >= 15 is 0 Å². The Morgan fingerprint density at radius 3 is 2.85 bits per heavy atom. The van der Waals surface area contributed by atoms with Crippen LogP contribution in [-0.4, -0.2) is 34.6 Å². The number of aliphatic hydroxyl groups is 1. The number of nitrogens with zero attached hydrogens (tertiary/aromatic N) is 2. The fraction of sp³-hybridized carbons (Fsp3) is 0.286. The largest absolute Gasteiger partial charge is 0.491 e. The van der Waals surface area contributed by atoms with Gasteiger partial charge in [0.25, 0.3) is 0 Å². The average molecular weight is 294 g/mol. The SMILES string of the molecule is Cc1cccc(OCC(O)CNc2ccc(Cl)nn2)c1. The van der Waals surface area contributed by atoms with Gasteiger partial charge in [0, 0.05) is 6.54 Å². The Morgan fingerprint density at radius 1 is 1.30 bits per heavy atom. The highest BCUT2D eigenvalue weighted by atomic mass is 35.5. The van der Waals surface area contributed by atoms with E-state index in [1.165, 1.54) is 0 Å². The molecule has 0 aliphatic carbocycles. The minimum atomic E-state index is -0.645. The number of ether oxygens (including phenoxy) is 1. The summed E-state index contributed by atoms with van der Waals surface area (Å²) in [6.45, 7) is 2.52. The number of aromatic nitrogens is 2. The first-order valence-corrected chi connectivity index (χ1v) is 6.62. The molecule has 0 spiro atoms. The van der Waals surface area contributed by atoms with Crippen LogP contribution in [0.5, 0.6) is 5.75 Å². The summed E-state index contributed by atoms with van der Waals surface area (Å²) in [6.07, 6.45) is -0.645. The molecule has 0 saturated heterocycles. The molecule has 5 nitrogen and oxygen atoms in total. The molecule has 1 aromatic carbocycles. The molecule has 1 heterocycles. The molecule has 0 radical (unpaired) electrons. The Kier molecular flexibility index (Phi) is 5.15. The van der Waals surface area contributed by atoms with Crippen LogP contribution in [0.3, 0.4) is 0 Å². The van der Waals surface area contributed by atoms with Crippen LogP contribution in [0.2, 0.25) is 5.15 Å². The third-order valence-corrected chi connectivity index (χ3v) is 2.78. The van der Waals surface area contributed by atoms with Crippen molar-refractivity contribution in [2.75, 3.05) is 18.5 Å². The molecule has 0 bridgehead atoms. The van der Waals surface area contributed by atoms with E-state index in [0.717, 1.165) is 11.3 Å². The van der Waals surface area contributed by atoms with Gasteiger partial charge >= 0.3 is 0 Å². The highest BCUT2D eigenvalue weighted by Gasteiger charge is 2.06. The predicted octanol–water partition coefficient (Wildman–Crippen LogP) is 2.29. The lowest BCUT2D eigenvalue weighted by molar-refractivity contribution is 0.117. The van der Waals surface area contributed by atoms with Gasteiger partial charge in [0.1, 0.15) is 24.3 Å². The first kappa shape index (κ1) is 14.6. The summed E-state index contributed by atoms with van der Waals surface area (Å²) in [5.74, 6) is 1.30. The summed E-state index contributed by atoms with van der Waals surface area (Å²) in [5.41, 5.74) is 1.12. The number of hydrogen-bond acceptors (Lipinski definition) is 5. The van der Waals surface area contributed by atoms with E-state index in [4.69, 9.17) is 16.3 Å². The monoisotopic (exact) mass is 293 g/mol. The second-order valence-corrected chi connectivity index (χ2v) is 4.79. The molecule has 0 aliphatic rings. The number of rotatable bonds is 6. The summed E-state index contributed by atoms with van der Waals surface area (Å²) < 4.78 is 5.51. The number of anilines is 1. The number of aliphatic hydroxyl groups excluding tert-OH is 1. The lowest BCUT2D eigenvalue weighted by atomic mass is 10.2. The first-order chi connectivity index (χ1) is 9.63. The Labute approximate surface area is 122 Å².